The van der Waals surface area contributed by atoms with E-state index in [1.807, 2.05) is 6.07 Å². The Labute approximate surface area is 440 Å². The van der Waals surface area contributed by atoms with Gasteiger partial charge in [0.15, 0.2) is 4.83 Å². The number of pyridine rings is 4. The van der Waals surface area contributed by atoms with Crippen molar-refractivity contribution in [1.82, 2.24) is 43.9 Å². The molecule has 5 N–H and O–H groups in total. The number of carbonyl (C=O) groups excluding carboxylic acids is 4. The average molecular weight is 1050 g/mol. The predicted octanol–water partition coefficient (Wildman–Crippen LogP) is 7.77. The van der Waals surface area contributed by atoms with Gasteiger partial charge in [0.2, 0.25) is 23.9 Å². The number of piperidine rings is 2. The van der Waals surface area contributed by atoms with Crippen molar-refractivity contribution in [3.63, 3.8) is 0 Å². The van der Waals surface area contributed by atoms with E-state index in [9.17, 15) is 24.0 Å². The monoisotopic (exact) mass is 1050 g/mol. The number of anilines is 4. The first kappa shape index (κ1) is 50.9. The van der Waals surface area contributed by atoms with Crippen molar-refractivity contribution in [2.24, 2.45) is 0 Å². The smallest absolute Gasteiger partial charge is 0.316 e. The summed E-state index contributed by atoms with van der Waals surface area (Å²) in [5.74, 6) is -0.748. The fourth-order valence-electron chi connectivity index (χ4n) is 9.86. The minimum atomic E-state index is -0.438. The molecule has 2 saturated heterocycles. The lowest BCUT2D eigenvalue weighted by Gasteiger charge is -2.37. The van der Waals surface area contributed by atoms with Crippen LogP contribution in [0.2, 0.25) is 0 Å². The van der Waals surface area contributed by atoms with Crippen molar-refractivity contribution in [1.29, 1.82) is 0 Å². The first-order valence-electron chi connectivity index (χ1n) is 25.2. The Hall–Kier alpha value is -7.66. The van der Waals surface area contributed by atoms with Gasteiger partial charge in [-0.05, 0) is 117 Å². The number of fused-ring (bicyclic) bond motifs is 2. The predicted molar refractivity (Wildman–Crippen MR) is 289 cm³/mol. The number of thiazole rings is 2. The van der Waals surface area contributed by atoms with Crippen molar-refractivity contribution >= 4 is 78.7 Å². The standard InChI is InChI=1S/C53H58N14O6S2/c1-30(2)64-19-9-7-15-42(64)49(71)59-34-21-40(32(5)56-23-34)61-47(69)38-25-58-66-27-44(74-52(38)66)37-14-12-18-55-51(37)73-29-63-26-39(53-67(63)28-45(75-53)36-13-11-17-54-46(36)68)48(70)62-41-22-35(24-57-33(41)6)60-50(72)43-16-8-10-20-65(43)31(3)4/h11-14,17-18,21-28,30-31,42-43H,7-10,15-16,19-20,29H2,1-6H3,(H4-,54,59,60,61,62,68,69,70,71,72)/p+1. The third-order valence-corrected chi connectivity index (χ3v) is 16.1. The SMILES string of the molecule is Cc1ncc(NC(=O)C2CCCCN2C(C)C)cc1NC(=O)c1cnn2cc(-c3cccnc3OC[n+]3cc(C(=O)Nc4cc(NC(=O)C5CCCCN5C(C)C)cnc4C)c4sc(-c5ccc[nH]c5=O)cn43)sc12. The number of hydrogen-bond donors (Lipinski definition) is 5. The van der Waals surface area contributed by atoms with E-state index < -0.39 is 11.8 Å². The Bertz CT molecular complexity index is 3520. The number of aromatic amines is 1. The molecule has 0 aliphatic carbocycles. The maximum absolute atomic E-state index is 14.4. The van der Waals surface area contributed by atoms with E-state index in [0.717, 1.165) is 56.5 Å². The molecule has 2 fully saturated rings. The largest absolute Gasteiger partial charge is 0.416 e. The van der Waals surface area contributed by atoms with Crippen LogP contribution in [0, 0.1) is 13.8 Å². The summed E-state index contributed by atoms with van der Waals surface area (Å²) < 4.78 is 11.6. The van der Waals surface area contributed by atoms with Gasteiger partial charge in [0, 0.05) is 30.7 Å². The first-order valence-corrected chi connectivity index (χ1v) is 26.8. The van der Waals surface area contributed by atoms with Gasteiger partial charge in [0.05, 0.1) is 97.5 Å². The van der Waals surface area contributed by atoms with E-state index in [1.165, 1.54) is 28.9 Å². The molecule has 0 aromatic carbocycles. The molecule has 2 aliphatic heterocycles. The molecule has 75 heavy (non-hydrogen) atoms. The minimum absolute atomic E-state index is 0.0911. The molecule has 10 rings (SSSR count). The topological polar surface area (TPSA) is 229 Å². The zero-order valence-corrected chi connectivity index (χ0v) is 44.2. The average Bonchev–Trinajstić information content (AvgIpc) is 4.21. The molecule has 20 nitrogen and oxygen atoms in total. The normalized spacial score (nSPS) is 16.4. The summed E-state index contributed by atoms with van der Waals surface area (Å²) in [7, 11) is 0. The molecular weight excluding hydrogens is 993 g/mol. The zero-order chi connectivity index (χ0) is 52.5. The highest BCUT2D eigenvalue weighted by Crippen LogP contribution is 2.36. The van der Waals surface area contributed by atoms with Crippen LogP contribution in [0.1, 0.15) is 98.3 Å². The number of carbonyl (C=O) groups is 4. The van der Waals surface area contributed by atoms with Gasteiger partial charge < -0.3 is 31.0 Å². The number of aromatic nitrogens is 8. The Morgan fingerprint density at radius 2 is 1.32 bits per heavy atom. The molecule has 10 heterocycles. The molecule has 2 aliphatic rings. The minimum Gasteiger partial charge on any atom is -0.416 e. The van der Waals surface area contributed by atoms with Crippen LogP contribution in [0.4, 0.5) is 22.7 Å². The van der Waals surface area contributed by atoms with Crippen LogP contribution in [0.15, 0.2) is 90.8 Å². The summed E-state index contributed by atoms with van der Waals surface area (Å²) in [6.07, 6.45) is 18.8. The third kappa shape index (κ3) is 10.7. The van der Waals surface area contributed by atoms with E-state index in [0.29, 0.717) is 70.9 Å². The van der Waals surface area contributed by atoms with Gasteiger partial charge >= 0.3 is 6.73 Å². The number of likely N-dealkylation sites (tertiary alicyclic amines) is 2. The summed E-state index contributed by atoms with van der Waals surface area (Å²) in [6.45, 7) is 13.6. The van der Waals surface area contributed by atoms with Crippen molar-refractivity contribution in [3.05, 3.63) is 119 Å². The molecule has 0 spiro atoms. The summed E-state index contributed by atoms with van der Waals surface area (Å²) in [5.41, 5.74) is 4.42. The van der Waals surface area contributed by atoms with Crippen LogP contribution in [0.5, 0.6) is 5.88 Å². The number of amides is 4. The van der Waals surface area contributed by atoms with Gasteiger partial charge in [0.25, 0.3) is 17.4 Å². The number of hydrogen-bond acceptors (Lipinski definition) is 14. The Balaban J connectivity index is 0.877. The summed E-state index contributed by atoms with van der Waals surface area (Å²) in [4.78, 5) is 91.6. The van der Waals surface area contributed by atoms with Gasteiger partial charge in [-0.2, -0.15) is 5.10 Å². The maximum atomic E-state index is 14.4. The van der Waals surface area contributed by atoms with E-state index in [1.54, 1.807) is 101 Å². The molecule has 2 unspecified atom stereocenters. The van der Waals surface area contributed by atoms with Crippen LogP contribution in [0.3, 0.4) is 0 Å². The molecule has 388 valence electrons. The van der Waals surface area contributed by atoms with Gasteiger partial charge in [-0.1, -0.05) is 17.5 Å². The second-order valence-corrected chi connectivity index (χ2v) is 21.5. The fourth-order valence-corrected chi connectivity index (χ4v) is 12.1. The quantitative estimate of drug-likeness (QED) is 0.0621. The Kier molecular flexibility index (Phi) is 14.7. The number of rotatable bonds is 15. The van der Waals surface area contributed by atoms with Gasteiger partial charge in [-0.3, -0.25) is 43.7 Å². The van der Waals surface area contributed by atoms with Crippen LogP contribution in [0.25, 0.3) is 30.5 Å². The lowest BCUT2D eigenvalue weighted by atomic mass is 9.99. The molecule has 2 atom stereocenters. The number of aryl methyl sites for hydroxylation is 2. The van der Waals surface area contributed by atoms with E-state index in [-0.39, 0.29) is 54.2 Å². The van der Waals surface area contributed by atoms with Crippen LogP contribution in [-0.2, 0) is 16.3 Å². The van der Waals surface area contributed by atoms with E-state index >= 15 is 0 Å². The molecule has 8 aromatic rings. The van der Waals surface area contributed by atoms with Gasteiger partial charge in [0.1, 0.15) is 10.4 Å². The summed E-state index contributed by atoms with van der Waals surface area (Å²) >= 11 is 2.61. The van der Waals surface area contributed by atoms with Crippen molar-refractivity contribution in [2.75, 3.05) is 34.4 Å². The number of ether oxygens (including phenoxy) is 1. The highest BCUT2D eigenvalue weighted by Gasteiger charge is 2.33. The molecule has 22 heteroatoms. The molecular formula is C53H59N14O6S2+. The highest BCUT2D eigenvalue weighted by atomic mass is 32.1. The van der Waals surface area contributed by atoms with Crippen molar-refractivity contribution in [3.8, 4) is 26.8 Å². The summed E-state index contributed by atoms with van der Waals surface area (Å²) in [6, 6.07) is 10.5. The second kappa shape index (κ2) is 21.7. The third-order valence-electron chi connectivity index (χ3n) is 13.8. The second-order valence-electron chi connectivity index (χ2n) is 19.5. The van der Waals surface area contributed by atoms with E-state index in [2.05, 4.69) is 83.8 Å². The van der Waals surface area contributed by atoms with Crippen LogP contribution in [-0.4, -0.2) is 105 Å². The molecule has 0 bridgehead atoms. The lowest BCUT2D eigenvalue weighted by molar-refractivity contribution is -0.784. The molecule has 0 saturated carbocycles. The van der Waals surface area contributed by atoms with Crippen LogP contribution >= 0.6 is 22.7 Å². The maximum Gasteiger partial charge on any atom is 0.316 e. The summed E-state index contributed by atoms with van der Waals surface area (Å²) in [5, 5.41) is 16.6. The van der Waals surface area contributed by atoms with Crippen molar-refractivity contribution in [2.45, 2.75) is 111 Å². The highest BCUT2D eigenvalue weighted by molar-refractivity contribution is 7.21. The number of nitrogens with one attached hydrogen (secondary N) is 5. The zero-order valence-electron chi connectivity index (χ0n) is 42.5. The molecule has 4 amide bonds. The van der Waals surface area contributed by atoms with Gasteiger partial charge in [-0.25, -0.2) is 9.50 Å². The fraction of sp³-hybridized carbons (Fsp3) is 0.358. The van der Waals surface area contributed by atoms with E-state index in [4.69, 9.17) is 4.74 Å². The number of nitrogens with zero attached hydrogens (tertiary/aromatic N) is 9. The lowest BCUT2D eigenvalue weighted by Crippen LogP contribution is -2.50. The molecule has 8 aromatic heterocycles. The Morgan fingerprint density at radius 3 is 1.93 bits per heavy atom. The van der Waals surface area contributed by atoms with Gasteiger partial charge in [-0.15, -0.1) is 27.2 Å². The van der Waals surface area contributed by atoms with Crippen molar-refractivity contribution < 1.29 is 28.6 Å². The Morgan fingerprint density at radius 1 is 0.733 bits per heavy atom. The number of H-pyrrole nitrogens is 1. The molecule has 0 radical (unpaired) electrons. The first-order chi connectivity index (χ1) is 36.2. The van der Waals surface area contributed by atoms with Crippen LogP contribution < -0.4 is 36.2 Å².